The Bertz CT molecular complexity index is 1470. The van der Waals surface area contributed by atoms with Gasteiger partial charge in [0, 0.05) is 16.5 Å². The minimum absolute atomic E-state index is 0.0610. The molecular weight excluding hydrogens is 552 g/mol. The van der Waals surface area contributed by atoms with Crippen LogP contribution in [0, 0.1) is 0 Å². The molecule has 0 unspecified atom stereocenters. The van der Waals surface area contributed by atoms with Crippen LogP contribution in [0.4, 0.5) is 0 Å². The van der Waals surface area contributed by atoms with Crippen LogP contribution < -0.4 is 9.47 Å². The van der Waals surface area contributed by atoms with Gasteiger partial charge in [0.1, 0.15) is 34.5 Å². The van der Waals surface area contributed by atoms with Crippen LogP contribution in [0.2, 0.25) is 0 Å². The maximum atomic E-state index is 13.0. The van der Waals surface area contributed by atoms with E-state index in [0.29, 0.717) is 52.9 Å². The highest BCUT2D eigenvalue weighted by atomic mass is 32.2. The third-order valence-electron chi connectivity index (χ3n) is 5.94. The SMILES string of the molecule is CCOC(=O)c1sc2sc(C(=O)OCC)c(COc3ccccc3C(C)=O)c2c1COc1ccccc1C(C)=O. The highest BCUT2D eigenvalue weighted by Gasteiger charge is 2.29. The highest BCUT2D eigenvalue weighted by Crippen LogP contribution is 2.43. The summed E-state index contributed by atoms with van der Waals surface area (Å²) in [6.07, 6.45) is 0. The molecule has 2 aromatic carbocycles. The molecule has 0 aliphatic rings. The van der Waals surface area contributed by atoms with E-state index in [9.17, 15) is 19.2 Å². The number of carbonyl (C=O) groups is 4. The zero-order chi connectivity index (χ0) is 28.8. The van der Waals surface area contributed by atoms with Crippen molar-refractivity contribution in [3.05, 3.63) is 80.5 Å². The summed E-state index contributed by atoms with van der Waals surface area (Å²) in [4.78, 5) is 50.9. The van der Waals surface area contributed by atoms with Crippen LogP contribution in [0.15, 0.2) is 48.5 Å². The van der Waals surface area contributed by atoms with Gasteiger partial charge in [-0.1, -0.05) is 24.3 Å². The summed E-state index contributed by atoms with van der Waals surface area (Å²) in [6.45, 7) is 6.59. The Morgan fingerprint density at radius 1 is 0.650 bits per heavy atom. The lowest BCUT2D eigenvalue weighted by atomic mass is 10.1. The predicted octanol–water partition coefficient (Wildman–Crippen LogP) is 6.88. The molecule has 0 N–H and O–H groups in total. The van der Waals surface area contributed by atoms with E-state index in [1.165, 1.54) is 36.5 Å². The second-order valence-electron chi connectivity index (χ2n) is 8.60. The number of Topliss-reactive ketones (excluding diaryl/α,β-unsaturated/α-hetero) is 2. The molecule has 0 fully saturated rings. The van der Waals surface area contributed by atoms with E-state index in [0.717, 1.165) is 0 Å². The Kier molecular flexibility index (Phi) is 9.34. The van der Waals surface area contributed by atoms with Gasteiger partial charge in [0.25, 0.3) is 0 Å². The number of ketones is 2. The molecule has 0 amide bonds. The quantitative estimate of drug-likeness (QED) is 0.132. The molecule has 0 saturated carbocycles. The van der Waals surface area contributed by atoms with Crippen molar-refractivity contribution < 1.29 is 38.1 Å². The monoisotopic (exact) mass is 580 g/mol. The number of benzene rings is 2. The maximum absolute atomic E-state index is 13.0. The van der Waals surface area contributed by atoms with Crippen LogP contribution >= 0.6 is 22.7 Å². The van der Waals surface area contributed by atoms with Gasteiger partial charge in [-0.25, -0.2) is 9.59 Å². The number of esters is 2. The van der Waals surface area contributed by atoms with E-state index in [1.54, 1.807) is 62.4 Å². The molecule has 0 bridgehead atoms. The number of fused-ring (bicyclic) bond motifs is 1. The summed E-state index contributed by atoms with van der Waals surface area (Å²) in [6, 6.07) is 13.7. The number of hydrogen-bond acceptors (Lipinski definition) is 10. The van der Waals surface area contributed by atoms with Crippen molar-refractivity contribution in [2.75, 3.05) is 13.2 Å². The Balaban J connectivity index is 1.83. The molecule has 0 aliphatic carbocycles. The average molecular weight is 581 g/mol. The molecule has 208 valence electrons. The number of para-hydroxylation sites is 2. The summed E-state index contributed by atoms with van der Waals surface area (Å²) >= 11 is 2.39. The summed E-state index contributed by atoms with van der Waals surface area (Å²) in [5, 5.41) is 0.627. The van der Waals surface area contributed by atoms with Gasteiger partial charge < -0.3 is 18.9 Å². The first-order valence-electron chi connectivity index (χ1n) is 12.6. The summed E-state index contributed by atoms with van der Waals surface area (Å²) < 4.78 is 23.5. The fraction of sp³-hybridized carbons (Fsp3) is 0.267. The van der Waals surface area contributed by atoms with E-state index in [4.69, 9.17) is 18.9 Å². The van der Waals surface area contributed by atoms with Crippen LogP contribution in [0.3, 0.4) is 0 Å². The fourth-order valence-electron chi connectivity index (χ4n) is 4.15. The lowest BCUT2D eigenvalue weighted by Crippen LogP contribution is -2.11. The molecule has 0 aliphatic heterocycles. The van der Waals surface area contributed by atoms with Crippen molar-refractivity contribution in [1.82, 2.24) is 0 Å². The van der Waals surface area contributed by atoms with E-state index in [2.05, 4.69) is 0 Å². The molecular formula is C30H28O8S2. The average Bonchev–Trinajstić information content (AvgIpc) is 3.47. The first-order chi connectivity index (χ1) is 19.3. The molecule has 4 rings (SSSR count). The molecule has 40 heavy (non-hydrogen) atoms. The minimum Gasteiger partial charge on any atom is -0.488 e. The largest absolute Gasteiger partial charge is 0.488 e. The van der Waals surface area contributed by atoms with E-state index in [-0.39, 0.29) is 38.0 Å². The number of rotatable bonds is 12. The van der Waals surface area contributed by atoms with Crippen LogP contribution in [0.25, 0.3) is 9.40 Å². The number of hydrogen-bond donors (Lipinski definition) is 0. The van der Waals surface area contributed by atoms with Gasteiger partial charge in [-0.15, -0.1) is 22.7 Å². The van der Waals surface area contributed by atoms with Gasteiger partial charge in [0.2, 0.25) is 0 Å². The van der Waals surface area contributed by atoms with Crippen molar-refractivity contribution >= 4 is 55.6 Å². The first-order valence-corrected chi connectivity index (χ1v) is 14.3. The fourth-order valence-corrected chi connectivity index (χ4v) is 6.74. The summed E-state index contributed by atoms with van der Waals surface area (Å²) in [5.41, 5.74) is 1.85. The smallest absolute Gasteiger partial charge is 0.348 e. The Morgan fingerprint density at radius 2 is 1.05 bits per heavy atom. The summed E-state index contributed by atoms with van der Waals surface area (Å²) in [7, 11) is 0. The van der Waals surface area contributed by atoms with Crippen LogP contribution in [0.5, 0.6) is 11.5 Å². The molecule has 2 heterocycles. The molecule has 0 atom stereocenters. The van der Waals surface area contributed by atoms with Gasteiger partial charge in [-0.3, -0.25) is 9.59 Å². The maximum Gasteiger partial charge on any atom is 0.348 e. The van der Waals surface area contributed by atoms with E-state index in [1.807, 2.05) is 0 Å². The van der Waals surface area contributed by atoms with Crippen molar-refractivity contribution in [1.29, 1.82) is 0 Å². The number of ether oxygens (including phenoxy) is 4. The van der Waals surface area contributed by atoms with E-state index < -0.39 is 11.9 Å². The van der Waals surface area contributed by atoms with Crippen LogP contribution in [0.1, 0.15) is 78.9 Å². The van der Waals surface area contributed by atoms with Crippen molar-refractivity contribution in [3.63, 3.8) is 0 Å². The second kappa shape index (κ2) is 12.9. The second-order valence-corrected chi connectivity index (χ2v) is 10.9. The Hall–Kier alpha value is -4.02. The zero-order valence-corrected chi connectivity index (χ0v) is 24.2. The molecule has 10 heteroatoms. The van der Waals surface area contributed by atoms with Crippen LogP contribution in [-0.2, 0) is 22.7 Å². The van der Waals surface area contributed by atoms with Crippen LogP contribution in [-0.4, -0.2) is 36.7 Å². The van der Waals surface area contributed by atoms with Gasteiger partial charge in [0.05, 0.1) is 28.4 Å². The highest BCUT2D eigenvalue weighted by molar-refractivity contribution is 7.40. The molecule has 0 spiro atoms. The lowest BCUT2D eigenvalue weighted by molar-refractivity contribution is 0.0520. The van der Waals surface area contributed by atoms with Gasteiger partial charge in [0.15, 0.2) is 11.6 Å². The van der Waals surface area contributed by atoms with Crippen molar-refractivity contribution in [3.8, 4) is 11.5 Å². The number of thiophene rings is 2. The third-order valence-corrected chi connectivity index (χ3v) is 8.46. The van der Waals surface area contributed by atoms with Crippen molar-refractivity contribution in [2.45, 2.75) is 40.9 Å². The topological polar surface area (TPSA) is 105 Å². The third kappa shape index (κ3) is 6.08. The van der Waals surface area contributed by atoms with Gasteiger partial charge >= 0.3 is 11.9 Å². The van der Waals surface area contributed by atoms with Gasteiger partial charge in [-0.2, -0.15) is 0 Å². The zero-order valence-electron chi connectivity index (χ0n) is 22.5. The molecule has 0 radical (unpaired) electrons. The standard InChI is InChI=1S/C30H28O8S2/c1-5-35-28(33)26-21(15-37-23-13-9-7-11-19(23)17(3)31)25-22(27(29(34)36-6-2)40-30(25)39-26)16-38-24-14-10-8-12-20(24)18(4)32/h7-14H,5-6,15-16H2,1-4H3. The molecule has 2 aromatic heterocycles. The van der Waals surface area contributed by atoms with E-state index >= 15 is 0 Å². The van der Waals surface area contributed by atoms with Crippen molar-refractivity contribution in [2.24, 2.45) is 0 Å². The molecule has 8 nitrogen and oxygen atoms in total. The Labute approximate surface area is 239 Å². The predicted molar refractivity (Wildman–Crippen MR) is 153 cm³/mol. The summed E-state index contributed by atoms with van der Waals surface area (Å²) in [5.74, 6) is -0.594. The van der Waals surface area contributed by atoms with Gasteiger partial charge in [-0.05, 0) is 52.0 Å². The lowest BCUT2D eigenvalue weighted by Gasteiger charge is -2.13. The first kappa shape index (κ1) is 29.0. The Morgan fingerprint density at radius 3 is 1.43 bits per heavy atom. The minimum atomic E-state index is -0.513. The molecule has 0 saturated heterocycles. The molecule has 4 aromatic rings. The normalized spacial score (nSPS) is 10.8. The number of carbonyl (C=O) groups excluding carboxylic acids is 4.